The van der Waals surface area contributed by atoms with Gasteiger partial charge in [0.25, 0.3) is 0 Å². The number of anilines is 1. The van der Waals surface area contributed by atoms with Crippen LogP contribution in [0.3, 0.4) is 0 Å². The quantitative estimate of drug-likeness (QED) is 0.254. The molecule has 1 aliphatic rings. The Hall–Kier alpha value is -4.38. The van der Waals surface area contributed by atoms with E-state index in [0.717, 1.165) is 53.2 Å². The van der Waals surface area contributed by atoms with E-state index < -0.39 is 23.4 Å². The molecule has 0 radical (unpaired) electrons. The van der Waals surface area contributed by atoms with Gasteiger partial charge >= 0.3 is 12.2 Å². The van der Waals surface area contributed by atoms with Gasteiger partial charge in [0.1, 0.15) is 17.4 Å². The highest BCUT2D eigenvalue weighted by Crippen LogP contribution is 2.31. The molecule has 4 heterocycles. The zero-order valence-electron chi connectivity index (χ0n) is 25.7. The molecule has 1 saturated heterocycles. The topological polar surface area (TPSA) is 113 Å². The number of ether oxygens (including phenoxy) is 3. The molecule has 0 spiro atoms. The Bertz CT molecular complexity index is 1580. The number of nitrogens with one attached hydrogen (secondary N) is 1. The second-order valence-corrected chi connectivity index (χ2v) is 12.6. The van der Waals surface area contributed by atoms with Crippen LogP contribution in [0.2, 0.25) is 0 Å². The van der Waals surface area contributed by atoms with Gasteiger partial charge in [-0.3, -0.25) is 0 Å². The van der Waals surface area contributed by atoms with Crippen molar-refractivity contribution >= 4 is 29.0 Å². The standard InChI is InChI=1S/C32H40N6O5/c1-31(2,3)42-29(39)35-38(30(40)43-32(4,5)6)27-16-15-25-24(34-27)18-26(36(25)20-22-12-8-7-9-13-22)23-19-33-37(21-23)28-14-10-11-17-41-28/h7-9,12-13,15-16,18-19,21,28H,10-11,14,17,20H2,1-6H3,(H,35,39). The monoisotopic (exact) mass is 588 g/mol. The summed E-state index contributed by atoms with van der Waals surface area (Å²) in [5, 5.41) is 5.60. The van der Waals surface area contributed by atoms with Crippen molar-refractivity contribution in [2.75, 3.05) is 11.6 Å². The van der Waals surface area contributed by atoms with E-state index in [-0.39, 0.29) is 12.0 Å². The first-order valence-electron chi connectivity index (χ1n) is 14.6. The minimum absolute atomic E-state index is 0.0829. The van der Waals surface area contributed by atoms with Crippen molar-refractivity contribution in [3.05, 3.63) is 66.5 Å². The lowest BCUT2D eigenvalue weighted by Crippen LogP contribution is -2.50. The average Bonchev–Trinajstić information content (AvgIpc) is 3.56. The van der Waals surface area contributed by atoms with E-state index in [1.54, 1.807) is 47.6 Å². The molecule has 5 rings (SSSR count). The van der Waals surface area contributed by atoms with Gasteiger partial charge in [-0.2, -0.15) is 10.1 Å². The number of fused-ring (bicyclic) bond motifs is 1. The molecule has 228 valence electrons. The van der Waals surface area contributed by atoms with Crippen LogP contribution in [-0.2, 0) is 20.8 Å². The molecule has 0 saturated carbocycles. The summed E-state index contributed by atoms with van der Waals surface area (Å²) in [5.41, 5.74) is 5.37. The number of carbonyl (C=O) groups excluding carboxylic acids is 2. The smallest absolute Gasteiger partial charge is 0.435 e. The molecule has 3 aromatic heterocycles. The third-order valence-electron chi connectivity index (χ3n) is 6.68. The molecule has 0 bridgehead atoms. The summed E-state index contributed by atoms with van der Waals surface area (Å²) in [5.74, 6) is 0.183. The molecule has 1 fully saturated rings. The number of carbonyl (C=O) groups is 2. The molecule has 2 amide bonds. The fraction of sp³-hybridized carbons (Fsp3) is 0.438. The Morgan fingerprint density at radius 2 is 1.77 bits per heavy atom. The van der Waals surface area contributed by atoms with Crippen molar-refractivity contribution < 1.29 is 23.8 Å². The molecular weight excluding hydrogens is 548 g/mol. The Balaban J connectivity index is 1.55. The van der Waals surface area contributed by atoms with Crippen LogP contribution in [0.25, 0.3) is 22.3 Å². The molecule has 1 aromatic carbocycles. The summed E-state index contributed by atoms with van der Waals surface area (Å²) in [6, 6.07) is 15.7. The van der Waals surface area contributed by atoms with Gasteiger partial charge in [0.15, 0.2) is 5.82 Å². The van der Waals surface area contributed by atoms with Crippen LogP contribution in [0.4, 0.5) is 15.4 Å². The zero-order chi connectivity index (χ0) is 30.8. The van der Waals surface area contributed by atoms with E-state index in [0.29, 0.717) is 12.1 Å². The summed E-state index contributed by atoms with van der Waals surface area (Å²) in [6.45, 7) is 11.8. The molecular formula is C32H40N6O5. The zero-order valence-corrected chi connectivity index (χ0v) is 25.7. The van der Waals surface area contributed by atoms with Crippen LogP contribution in [-0.4, -0.2) is 49.3 Å². The number of hydrazine groups is 1. The highest BCUT2D eigenvalue weighted by Gasteiger charge is 2.29. The Kier molecular flexibility index (Phi) is 8.45. The van der Waals surface area contributed by atoms with E-state index in [2.05, 4.69) is 27.2 Å². The second-order valence-electron chi connectivity index (χ2n) is 12.6. The molecule has 11 nitrogen and oxygen atoms in total. The van der Waals surface area contributed by atoms with Gasteiger partial charge in [0, 0.05) is 24.9 Å². The lowest BCUT2D eigenvalue weighted by molar-refractivity contribution is -0.0394. The number of hydrogen-bond acceptors (Lipinski definition) is 7. The number of hydrogen-bond donors (Lipinski definition) is 1. The number of rotatable bonds is 5. The number of benzene rings is 1. The van der Waals surface area contributed by atoms with Crippen LogP contribution in [0, 0.1) is 0 Å². The molecule has 43 heavy (non-hydrogen) atoms. The Morgan fingerprint density at radius 1 is 1.02 bits per heavy atom. The van der Waals surface area contributed by atoms with Crippen molar-refractivity contribution in [2.45, 2.75) is 84.8 Å². The van der Waals surface area contributed by atoms with E-state index >= 15 is 0 Å². The fourth-order valence-corrected chi connectivity index (χ4v) is 4.88. The molecule has 1 atom stereocenters. The highest BCUT2D eigenvalue weighted by molar-refractivity contribution is 5.92. The number of nitrogens with zero attached hydrogens (tertiary/aromatic N) is 5. The van der Waals surface area contributed by atoms with Crippen LogP contribution in [0.15, 0.2) is 60.9 Å². The van der Waals surface area contributed by atoms with E-state index in [1.165, 1.54) is 0 Å². The van der Waals surface area contributed by atoms with Crippen LogP contribution >= 0.6 is 0 Å². The van der Waals surface area contributed by atoms with Gasteiger partial charge in [-0.1, -0.05) is 30.3 Å². The van der Waals surface area contributed by atoms with E-state index in [9.17, 15) is 9.59 Å². The molecule has 1 unspecified atom stereocenters. The minimum Gasteiger partial charge on any atom is -0.443 e. The van der Waals surface area contributed by atoms with Crippen LogP contribution in [0.5, 0.6) is 0 Å². The normalized spacial score (nSPS) is 15.7. The van der Waals surface area contributed by atoms with Gasteiger partial charge in [-0.25, -0.2) is 24.7 Å². The highest BCUT2D eigenvalue weighted by atomic mass is 16.6. The first-order chi connectivity index (χ1) is 20.4. The lowest BCUT2D eigenvalue weighted by Gasteiger charge is -2.28. The summed E-state index contributed by atoms with van der Waals surface area (Å²) in [6.07, 6.45) is 5.25. The van der Waals surface area contributed by atoms with Crippen molar-refractivity contribution in [3.8, 4) is 11.3 Å². The Labute approximate surface area is 251 Å². The molecule has 1 aliphatic heterocycles. The minimum atomic E-state index is -0.806. The molecule has 11 heteroatoms. The summed E-state index contributed by atoms with van der Waals surface area (Å²) >= 11 is 0. The SMILES string of the molecule is CC(C)(C)OC(=O)NN(C(=O)OC(C)(C)C)c1ccc2c(cc(-c3cnn(C4CCCCO4)c3)n2Cc2ccccc2)n1. The van der Waals surface area contributed by atoms with Gasteiger partial charge < -0.3 is 18.8 Å². The Morgan fingerprint density at radius 3 is 2.44 bits per heavy atom. The van der Waals surface area contributed by atoms with Crippen molar-refractivity contribution in [1.82, 2.24) is 24.8 Å². The van der Waals surface area contributed by atoms with Crippen LogP contribution < -0.4 is 10.4 Å². The van der Waals surface area contributed by atoms with Gasteiger partial charge in [-0.15, -0.1) is 0 Å². The van der Waals surface area contributed by atoms with Crippen molar-refractivity contribution in [3.63, 3.8) is 0 Å². The summed E-state index contributed by atoms with van der Waals surface area (Å²) in [7, 11) is 0. The maximum atomic E-state index is 13.2. The lowest BCUT2D eigenvalue weighted by atomic mass is 10.2. The van der Waals surface area contributed by atoms with Gasteiger partial charge in [-0.05, 0) is 84.6 Å². The van der Waals surface area contributed by atoms with E-state index in [1.807, 2.05) is 47.4 Å². The first kappa shape index (κ1) is 30.1. The summed E-state index contributed by atoms with van der Waals surface area (Å²) < 4.78 is 21.0. The number of amides is 2. The third kappa shape index (κ3) is 7.53. The van der Waals surface area contributed by atoms with Crippen molar-refractivity contribution in [2.24, 2.45) is 0 Å². The molecule has 4 aromatic rings. The fourth-order valence-electron chi connectivity index (χ4n) is 4.88. The van der Waals surface area contributed by atoms with E-state index in [4.69, 9.17) is 19.2 Å². The third-order valence-corrected chi connectivity index (χ3v) is 6.68. The van der Waals surface area contributed by atoms with Crippen molar-refractivity contribution in [1.29, 1.82) is 0 Å². The average molecular weight is 589 g/mol. The predicted molar refractivity (Wildman–Crippen MR) is 163 cm³/mol. The molecule has 0 aliphatic carbocycles. The van der Waals surface area contributed by atoms with Crippen LogP contribution in [0.1, 0.15) is 72.6 Å². The largest absolute Gasteiger partial charge is 0.443 e. The number of aromatic nitrogens is 4. The van der Waals surface area contributed by atoms with Gasteiger partial charge in [0.05, 0.1) is 22.9 Å². The molecule has 1 N–H and O–H groups in total. The second kappa shape index (κ2) is 12.1. The summed E-state index contributed by atoms with van der Waals surface area (Å²) in [4.78, 5) is 30.8. The number of pyridine rings is 1. The maximum Gasteiger partial charge on any atom is 0.435 e. The maximum absolute atomic E-state index is 13.2. The predicted octanol–water partition coefficient (Wildman–Crippen LogP) is 6.83. The van der Waals surface area contributed by atoms with Gasteiger partial charge in [0.2, 0.25) is 0 Å². The first-order valence-corrected chi connectivity index (χ1v) is 14.6.